The summed E-state index contributed by atoms with van der Waals surface area (Å²) in [6.45, 7) is 11.2. The van der Waals surface area contributed by atoms with Gasteiger partial charge in [-0.3, -0.25) is 0 Å². The zero-order valence-electron chi connectivity index (χ0n) is 20.1. The first kappa shape index (κ1) is 27.6. The summed E-state index contributed by atoms with van der Waals surface area (Å²) >= 11 is 0. The minimum atomic E-state index is -0.676. The van der Waals surface area contributed by atoms with Gasteiger partial charge in [-0.25, -0.2) is 9.59 Å². The van der Waals surface area contributed by atoms with Crippen LogP contribution in [0.1, 0.15) is 37.8 Å². The van der Waals surface area contributed by atoms with E-state index in [-0.39, 0.29) is 26.4 Å². The predicted molar refractivity (Wildman–Crippen MR) is 131 cm³/mol. The molecule has 0 amide bonds. The second kappa shape index (κ2) is 13.3. The topological polar surface area (TPSA) is 112 Å². The van der Waals surface area contributed by atoms with E-state index < -0.39 is 17.4 Å². The molecule has 8 heteroatoms. The van der Waals surface area contributed by atoms with Crippen molar-refractivity contribution in [2.75, 3.05) is 26.4 Å². The average Bonchev–Trinajstić information content (AvgIpc) is 2.84. The lowest BCUT2D eigenvalue weighted by atomic mass is 9.77. The Bertz CT molecular complexity index is 960. The Balaban J connectivity index is 2.53. The van der Waals surface area contributed by atoms with Gasteiger partial charge < -0.3 is 29.2 Å². The highest BCUT2D eigenvalue weighted by atomic mass is 16.5. The van der Waals surface area contributed by atoms with Crippen molar-refractivity contribution in [1.29, 1.82) is 0 Å². The molecule has 2 aromatic rings. The van der Waals surface area contributed by atoms with Crippen molar-refractivity contribution in [3.63, 3.8) is 0 Å². The van der Waals surface area contributed by atoms with Gasteiger partial charge in [-0.05, 0) is 12.1 Å². The van der Waals surface area contributed by atoms with E-state index in [9.17, 15) is 9.59 Å². The molecule has 0 aromatic heterocycles. The molecule has 35 heavy (non-hydrogen) atoms. The van der Waals surface area contributed by atoms with Crippen LogP contribution in [-0.4, -0.2) is 48.6 Å². The Kier molecular flexibility index (Phi) is 10.5. The van der Waals surface area contributed by atoms with Crippen molar-refractivity contribution in [2.24, 2.45) is 0 Å². The molecule has 0 saturated heterocycles. The van der Waals surface area contributed by atoms with Crippen LogP contribution in [0.3, 0.4) is 0 Å². The van der Waals surface area contributed by atoms with Crippen LogP contribution in [0.25, 0.3) is 0 Å². The number of aliphatic hydroxyl groups is 2. The van der Waals surface area contributed by atoms with E-state index in [2.05, 4.69) is 13.2 Å². The molecular weight excluding hydrogens is 452 g/mol. The summed E-state index contributed by atoms with van der Waals surface area (Å²) in [5.41, 5.74) is 0.874. The highest BCUT2D eigenvalue weighted by molar-refractivity contribution is 5.84. The molecule has 0 atom stereocenters. The second-order valence-electron chi connectivity index (χ2n) is 8.04. The van der Waals surface area contributed by atoms with Crippen LogP contribution < -0.4 is 18.9 Å². The van der Waals surface area contributed by atoms with Crippen LogP contribution in [-0.2, 0) is 15.0 Å². The predicted octanol–water partition coefficient (Wildman–Crippen LogP) is 3.72. The maximum Gasteiger partial charge on any atom is 0.335 e. The zero-order chi connectivity index (χ0) is 25.8. The van der Waals surface area contributed by atoms with Crippen molar-refractivity contribution in [2.45, 2.75) is 32.1 Å². The molecule has 0 aliphatic heterocycles. The van der Waals surface area contributed by atoms with Gasteiger partial charge >= 0.3 is 11.9 Å². The highest BCUT2D eigenvalue weighted by Crippen LogP contribution is 2.43. The molecule has 2 rings (SSSR count). The number of ether oxygens (including phenoxy) is 4. The minimum Gasteiger partial charge on any atom is -0.493 e. The quantitative estimate of drug-likeness (QED) is 0.181. The molecule has 2 aromatic carbocycles. The van der Waals surface area contributed by atoms with E-state index in [4.69, 9.17) is 29.2 Å². The SMILES string of the molecule is C=CC(=O)Oc1ccc(C(C)(C)c2ccc(OC(=O)C=C)cc2OCCCO)c(OCCCO)c1. The molecule has 2 N–H and O–H groups in total. The summed E-state index contributed by atoms with van der Waals surface area (Å²) in [7, 11) is 0. The van der Waals surface area contributed by atoms with E-state index in [1.54, 1.807) is 36.4 Å². The Hall–Kier alpha value is -3.62. The molecule has 0 radical (unpaired) electrons. The van der Waals surface area contributed by atoms with Gasteiger partial charge in [0, 0.05) is 66.9 Å². The van der Waals surface area contributed by atoms with Gasteiger partial charge in [-0.15, -0.1) is 0 Å². The van der Waals surface area contributed by atoms with Crippen LogP contribution in [0.4, 0.5) is 0 Å². The summed E-state index contributed by atoms with van der Waals surface area (Å²) < 4.78 is 22.4. The lowest BCUT2D eigenvalue weighted by molar-refractivity contribution is -0.129. The Morgan fingerprint density at radius 2 is 1.20 bits per heavy atom. The first-order chi connectivity index (χ1) is 16.8. The van der Waals surface area contributed by atoms with E-state index >= 15 is 0 Å². The molecule has 8 nitrogen and oxygen atoms in total. The van der Waals surface area contributed by atoms with Crippen LogP contribution in [0, 0.1) is 0 Å². The maximum atomic E-state index is 11.7. The molecule has 0 unspecified atom stereocenters. The number of hydrogen-bond donors (Lipinski definition) is 2. The van der Waals surface area contributed by atoms with Gasteiger partial charge in [0.15, 0.2) is 0 Å². The van der Waals surface area contributed by atoms with Crippen molar-refractivity contribution in [3.8, 4) is 23.0 Å². The lowest BCUT2D eigenvalue weighted by Crippen LogP contribution is -2.22. The summed E-state index contributed by atoms with van der Waals surface area (Å²) in [5, 5.41) is 18.3. The monoisotopic (exact) mass is 484 g/mol. The van der Waals surface area contributed by atoms with Gasteiger partial charge in [-0.2, -0.15) is 0 Å². The van der Waals surface area contributed by atoms with Crippen LogP contribution in [0.5, 0.6) is 23.0 Å². The molecule has 0 bridgehead atoms. The molecular formula is C27H32O8. The second-order valence-corrected chi connectivity index (χ2v) is 8.04. The minimum absolute atomic E-state index is 0.0302. The number of esters is 2. The molecule has 0 heterocycles. The fourth-order valence-electron chi connectivity index (χ4n) is 3.36. The van der Waals surface area contributed by atoms with E-state index in [0.717, 1.165) is 23.3 Å². The number of carbonyl (C=O) groups is 2. The van der Waals surface area contributed by atoms with E-state index in [1.165, 1.54) is 0 Å². The van der Waals surface area contributed by atoms with Crippen molar-refractivity contribution < 1.29 is 38.7 Å². The Labute approximate surface area is 205 Å². The molecule has 188 valence electrons. The van der Waals surface area contributed by atoms with Crippen LogP contribution >= 0.6 is 0 Å². The third-order valence-corrected chi connectivity index (χ3v) is 5.14. The van der Waals surface area contributed by atoms with E-state index in [1.807, 2.05) is 13.8 Å². The lowest BCUT2D eigenvalue weighted by Gasteiger charge is -2.30. The van der Waals surface area contributed by atoms with Gasteiger partial charge in [0.25, 0.3) is 0 Å². The number of hydrogen-bond acceptors (Lipinski definition) is 8. The van der Waals surface area contributed by atoms with Crippen molar-refractivity contribution >= 4 is 11.9 Å². The Morgan fingerprint density at radius 1 is 0.800 bits per heavy atom. The third kappa shape index (κ3) is 7.70. The number of rotatable bonds is 14. The van der Waals surface area contributed by atoms with Crippen molar-refractivity contribution in [3.05, 3.63) is 72.8 Å². The smallest absolute Gasteiger partial charge is 0.335 e. The van der Waals surface area contributed by atoms with Gasteiger partial charge in [-0.1, -0.05) is 39.1 Å². The molecule has 0 fully saturated rings. The molecule has 0 saturated carbocycles. The average molecular weight is 485 g/mol. The molecule has 0 aliphatic rings. The summed E-state index contributed by atoms with van der Waals surface area (Å²) in [5.74, 6) is 0.340. The number of benzene rings is 2. The van der Waals surface area contributed by atoms with Crippen LogP contribution in [0.2, 0.25) is 0 Å². The fraction of sp³-hybridized carbons (Fsp3) is 0.333. The largest absolute Gasteiger partial charge is 0.493 e. The molecule has 0 spiro atoms. The first-order valence-electron chi connectivity index (χ1n) is 11.2. The summed E-state index contributed by atoms with van der Waals surface area (Å²) in [6, 6.07) is 10.1. The molecule has 0 aliphatic carbocycles. The third-order valence-electron chi connectivity index (χ3n) is 5.14. The number of aliphatic hydroxyl groups excluding tert-OH is 2. The first-order valence-corrected chi connectivity index (χ1v) is 11.2. The normalized spacial score (nSPS) is 10.9. The Morgan fingerprint density at radius 3 is 1.54 bits per heavy atom. The number of carbonyl (C=O) groups excluding carboxylic acids is 2. The standard InChI is InChI=1S/C27H32O8/c1-5-25(30)34-19-9-11-21(23(17-19)32-15-7-13-28)27(3,4)22-12-10-20(35-26(31)6-2)18-24(22)33-16-8-14-29/h5-6,9-12,17-18,28-29H,1-2,7-8,13-16H2,3-4H3. The van der Waals surface area contributed by atoms with Gasteiger partial charge in [0.1, 0.15) is 23.0 Å². The van der Waals surface area contributed by atoms with Gasteiger partial charge in [0.2, 0.25) is 0 Å². The maximum absolute atomic E-state index is 11.7. The van der Waals surface area contributed by atoms with Gasteiger partial charge in [0.05, 0.1) is 13.2 Å². The highest BCUT2D eigenvalue weighted by Gasteiger charge is 2.31. The summed E-state index contributed by atoms with van der Waals surface area (Å²) in [6.07, 6.45) is 2.99. The van der Waals surface area contributed by atoms with Crippen molar-refractivity contribution in [1.82, 2.24) is 0 Å². The summed E-state index contributed by atoms with van der Waals surface area (Å²) in [4.78, 5) is 23.3. The van der Waals surface area contributed by atoms with E-state index in [0.29, 0.717) is 35.8 Å². The zero-order valence-corrected chi connectivity index (χ0v) is 20.1. The van der Waals surface area contributed by atoms with Crippen LogP contribution in [0.15, 0.2) is 61.7 Å². The fourth-order valence-corrected chi connectivity index (χ4v) is 3.36.